The molecule has 1 aliphatic heterocycles. The van der Waals surface area contributed by atoms with Gasteiger partial charge in [-0.2, -0.15) is 0 Å². The number of likely N-dealkylation sites (tertiary alicyclic amines) is 1. The number of esters is 1. The molecule has 4 heteroatoms. The van der Waals surface area contributed by atoms with Crippen LogP contribution in [-0.4, -0.2) is 37.7 Å². The summed E-state index contributed by atoms with van der Waals surface area (Å²) in [4.78, 5) is 14.2. The quantitative estimate of drug-likeness (QED) is 0.782. The number of carbonyl (C=O) groups excluding carboxylic acids is 1. The summed E-state index contributed by atoms with van der Waals surface area (Å²) in [6, 6.07) is 6.23. The first-order chi connectivity index (χ1) is 10.1. The molecule has 0 unspecified atom stereocenters. The molecule has 4 nitrogen and oxygen atoms in total. The highest BCUT2D eigenvalue weighted by molar-refractivity contribution is 5.72. The number of rotatable bonds is 5. The van der Waals surface area contributed by atoms with Gasteiger partial charge in [0.2, 0.25) is 0 Å². The zero-order valence-electron chi connectivity index (χ0n) is 13.2. The summed E-state index contributed by atoms with van der Waals surface area (Å²) in [6.45, 7) is 7.02. The zero-order chi connectivity index (χ0) is 15.2. The van der Waals surface area contributed by atoms with E-state index in [-0.39, 0.29) is 11.9 Å². The van der Waals surface area contributed by atoms with Crippen LogP contribution in [0.5, 0.6) is 5.75 Å². The monoisotopic (exact) mass is 291 g/mol. The lowest BCUT2D eigenvalue weighted by molar-refractivity contribution is -0.150. The van der Waals surface area contributed by atoms with Gasteiger partial charge >= 0.3 is 5.97 Å². The van der Waals surface area contributed by atoms with Crippen LogP contribution in [-0.2, 0) is 16.1 Å². The molecule has 0 bridgehead atoms. The molecule has 1 aromatic rings. The van der Waals surface area contributed by atoms with Crippen LogP contribution < -0.4 is 4.74 Å². The van der Waals surface area contributed by atoms with Crippen molar-refractivity contribution in [3.63, 3.8) is 0 Å². The lowest BCUT2D eigenvalue weighted by atomic mass is 9.97. The van der Waals surface area contributed by atoms with Gasteiger partial charge in [0.25, 0.3) is 0 Å². The molecule has 2 rings (SSSR count). The summed E-state index contributed by atoms with van der Waals surface area (Å²) < 4.78 is 10.6. The first-order valence-electron chi connectivity index (χ1n) is 7.66. The van der Waals surface area contributed by atoms with Crippen molar-refractivity contribution >= 4 is 5.97 Å². The molecule has 1 atom stereocenters. The lowest BCUT2D eigenvalue weighted by Crippen LogP contribution is -2.39. The number of ether oxygens (including phenoxy) is 2. The fourth-order valence-corrected chi connectivity index (χ4v) is 2.92. The Morgan fingerprint density at radius 2 is 2.24 bits per heavy atom. The fourth-order valence-electron chi connectivity index (χ4n) is 2.92. The minimum atomic E-state index is -0.0570. The Hall–Kier alpha value is -1.55. The number of hydrogen-bond acceptors (Lipinski definition) is 4. The minimum Gasteiger partial charge on any atom is -0.496 e. The molecule has 0 N–H and O–H groups in total. The molecule has 1 fully saturated rings. The predicted octanol–water partition coefficient (Wildman–Crippen LogP) is 2.78. The van der Waals surface area contributed by atoms with Gasteiger partial charge in [-0.15, -0.1) is 0 Å². The minimum absolute atomic E-state index is 0.00880. The van der Waals surface area contributed by atoms with Crippen molar-refractivity contribution in [3.05, 3.63) is 29.3 Å². The normalized spacial score (nSPS) is 19.3. The summed E-state index contributed by atoms with van der Waals surface area (Å²) >= 11 is 0. The van der Waals surface area contributed by atoms with Gasteiger partial charge in [-0.3, -0.25) is 9.69 Å². The first kappa shape index (κ1) is 15.8. The highest BCUT2D eigenvalue weighted by Crippen LogP contribution is 2.25. The summed E-state index contributed by atoms with van der Waals surface area (Å²) in [5, 5.41) is 0. The third kappa shape index (κ3) is 4.21. The molecule has 0 radical (unpaired) electrons. The topological polar surface area (TPSA) is 38.8 Å². The first-order valence-corrected chi connectivity index (χ1v) is 7.66. The maximum absolute atomic E-state index is 11.9. The van der Waals surface area contributed by atoms with E-state index in [1.165, 1.54) is 11.1 Å². The lowest BCUT2D eigenvalue weighted by Gasteiger charge is -2.31. The van der Waals surface area contributed by atoms with Crippen molar-refractivity contribution in [1.82, 2.24) is 4.90 Å². The summed E-state index contributed by atoms with van der Waals surface area (Å²) in [5.41, 5.74) is 2.41. The molecule has 0 saturated carbocycles. The third-order valence-electron chi connectivity index (χ3n) is 3.96. The molecule has 21 heavy (non-hydrogen) atoms. The van der Waals surface area contributed by atoms with Crippen LogP contribution in [0, 0.1) is 12.8 Å². The molecular formula is C17H25NO3. The molecule has 1 saturated heterocycles. The molecule has 1 aliphatic rings. The molecule has 1 aromatic carbocycles. The van der Waals surface area contributed by atoms with Crippen molar-refractivity contribution < 1.29 is 14.3 Å². The van der Waals surface area contributed by atoms with E-state index < -0.39 is 0 Å². The summed E-state index contributed by atoms with van der Waals surface area (Å²) in [7, 11) is 1.70. The van der Waals surface area contributed by atoms with Crippen LogP contribution in [0.2, 0.25) is 0 Å². The van der Waals surface area contributed by atoms with Crippen molar-refractivity contribution in [2.24, 2.45) is 5.92 Å². The van der Waals surface area contributed by atoms with Crippen molar-refractivity contribution in [3.8, 4) is 5.75 Å². The molecule has 0 aromatic heterocycles. The number of nitrogens with zero attached hydrogens (tertiary/aromatic N) is 1. The maximum atomic E-state index is 11.9. The summed E-state index contributed by atoms with van der Waals surface area (Å²) in [5.74, 6) is 0.867. The number of carbonyl (C=O) groups is 1. The van der Waals surface area contributed by atoms with Crippen LogP contribution in [0.4, 0.5) is 0 Å². The number of methoxy groups -OCH3 is 1. The standard InChI is InChI=1S/C17H25NO3/c1-4-21-17(19)14-6-5-9-18(11-14)12-15-10-13(2)7-8-16(15)20-3/h7-8,10,14H,4-6,9,11-12H2,1-3H3/t14-/m0/s1. The van der Waals surface area contributed by atoms with Gasteiger partial charge in [0.05, 0.1) is 19.6 Å². The van der Waals surface area contributed by atoms with Gasteiger partial charge in [0, 0.05) is 18.7 Å². The average molecular weight is 291 g/mol. The zero-order valence-corrected chi connectivity index (χ0v) is 13.2. The molecule has 116 valence electrons. The second-order valence-corrected chi connectivity index (χ2v) is 5.64. The van der Waals surface area contributed by atoms with E-state index in [1.807, 2.05) is 13.0 Å². The molecule has 0 aliphatic carbocycles. The van der Waals surface area contributed by atoms with E-state index in [0.29, 0.717) is 6.61 Å². The fraction of sp³-hybridized carbons (Fsp3) is 0.588. The van der Waals surface area contributed by atoms with Gasteiger partial charge in [0.15, 0.2) is 0 Å². The van der Waals surface area contributed by atoms with Gasteiger partial charge < -0.3 is 9.47 Å². The highest BCUT2D eigenvalue weighted by atomic mass is 16.5. The van der Waals surface area contributed by atoms with E-state index in [0.717, 1.165) is 38.2 Å². The van der Waals surface area contributed by atoms with Crippen molar-refractivity contribution in [2.75, 3.05) is 26.8 Å². The summed E-state index contributed by atoms with van der Waals surface area (Å²) in [6.07, 6.45) is 1.97. The Morgan fingerprint density at radius 1 is 1.43 bits per heavy atom. The Labute approximate surface area is 127 Å². The number of hydrogen-bond donors (Lipinski definition) is 0. The van der Waals surface area contributed by atoms with Crippen molar-refractivity contribution in [2.45, 2.75) is 33.2 Å². The van der Waals surface area contributed by atoms with Crippen LogP contribution in [0.3, 0.4) is 0 Å². The Morgan fingerprint density at radius 3 is 2.95 bits per heavy atom. The SMILES string of the molecule is CCOC(=O)[C@H]1CCCN(Cc2cc(C)ccc2OC)C1. The largest absolute Gasteiger partial charge is 0.496 e. The van der Waals surface area contributed by atoms with Gasteiger partial charge in [-0.05, 0) is 39.3 Å². The average Bonchev–Trinajstić information content (AvgIpc) is 2.48. The molecule has 0 amide bonds. The predicted molar refractivity (Wildman–Crippen MR) is 82.4 cm³/mol. The van der Waals surface area contributed by atoms with E-state index in [1.54, 1.807) is 7.11 Å². The van der Waals surface area contributed by atoms with E-state index in [4.69, 9.17) is 9.47 Å². The van der Waals surface area contributed by atoms with Gasteiger partial charge in [-0.25, -0.2) is 0 Å². The second-order valence-electron chi connectivity index (χ2n) is 5.64. The number of aryl methyl sites for hydroxylation is 1. The highest BCUT2D eigenvalue weighted by Gasteiger charge is 2.27. The third-order valence-corrected chi connectivity index (χ3v) is 3.96. The van der Waals surface area contributed by atoms with Crippen LogP contribution >= 0.6 is 0 Å². The Balaban J connectivity index is 2.02. The van der Waals surface area contributed by atoms with E-state index >= 15 is 0 Å². The second kappa shape index (κ2) is 7.46. The maximum Gasteiger partial charge on any atom is 0.310 e. The van der Waals surface area contributed by atoms with E-state index in [2.05, 4.69) is 24.0 Å². The number of benzene rings is 1. The Kier molecular flexibility index (Phi) is 5.62. The molecule has 1 heterocycles. The van der Waals surface area contributed by atoms with Gasteiger partial charge in [-0.1, -0.05) is 17.7 Å². The van der Waals surface area contributed by atoms with Crippen molar-refractivity contribution in [1.29, 1.82) is 0 Å². The molecular weight excluding hydrogens is 266 g/mol. The number of piperidine rings is 1. The van der Waals surface area contributed by atoms with Gasteiger partial charge in [0.1, 0.15) is 5.75 Å². The molecule has 0 spiro atoms. The van der Waals surface area contributed by atoms with Crippen LogP contribution in [0.15, 0.2) is 18.2 Å². The van der Waals surface area contributed by atoms with Crippen LogP contribution in [0.25, 0.3) is 0 Å². The van der Waals surface area contributed by atoms with Crippen LogP contribution in [0.1, 0.15) is 30.9 Å². The smallest absolute Gasteiger partial charge is 0.310 e. The van der Waals surface area contributed by atoms with E-state index in [9.17, 15) is 4.79 Å². The Bertz CT molecular complexity index is 487.